The van der Waals surface area contributed by atoms with Crippen LogP contribution in [0.5, 0.6) is 0 Å². The van der Waals surface area contributed by atoms with Crippen LogP contribution < -0.4 is 10.6 Å². The van der Waals surface area contributed by atoms with E-state index in [1.165, 1.54) is 0 Å². The fraction of sp³-hybridized carbons (Fsp3) is 0.600. The Kier molecular flexibility index (Phi) is 7.74. The van der Waals surface area contributed by atoms with Gasteiger partial charge in [-0.05, 0) is 0 Å². The van der Waals surface area contributed by atoms with Crippen molar-refractivity contribution in [1.82, 2.24) is 15.5 Å². The van der Waals surface area contributed by atoms with Crippen LogP contribution in [0.15, 0.2) is 12.3 Å². The topological polar surface area (TPSA) is 102 Å². The summed E-state index contributed by atoms with van der Waals surface area (Å²) in [6, 6.07) is 0. The molecule has 17 heavy (non-hydrogen) atoms. The van der Waals surface area contributed by atoms with Crippen molar-refractivity contribution in [1.29, 1.82) is 0 Å². The average molecular weight is 245 g/mol. The first-order chi connectivity index (χ1) is 7.95. The first-order valence-corrected chi connectivity index (χ1v) is 5.18. The van der Waals surface area contributed by atoms with Crippen molar-refractivity contribution < 1.29 is 19.8 Å². The highest BCUT2D eigenvalue weighted by Gasteiger charge is 2.10. The summed E-state index contributed by atoms with van der Waals surface area (Å²) in [5.74, 6) is -1.86. The highest BCUT2D eigenvalue weighted by Crippen LogP contribution is 1.93. The quantitative estimate of drug-likeness (QED) is 0.358. The summed E-state index contributed by atoms with van der Waals surface area (Å²) < 4.78 is 0. The molecule has 0 bridgehead atoms. The third-order valence-corrected chi connectivity index (χ3v) is 2.01. The van der Waals surface area contributed by atoms with Gasteiger partial charge in [-0.15, -0.1) is 0 Å². The molecule has 0 fully saturated rings. The van der Waals surface area contributed by atoms with E-state index in [4.69, 9.17) is 10.2 Å². The number of aliphatic carboxylic acids is 2. The standard InChI is InChI=1S/C10H19N3O4/c1-8(11-2)6-13(7-10(16)17)4-3-12-5-9(14)15/h11-12H,1,3-7H2,2H3,(H,14,15)(H,16,17). The molecule has 0 atom stereocenters. The molecule has 0 heterocycles. The van der Waals surface area contributed by atoms with E-state index in [1.807, 2.05) is 0 Å². The van der Waals surface area contributed by atoms with Crippen LogP contribution in [-0.2, 0) is 9.59 Å². The van der Waals surface area contributed by atoms with Crippen LogP contribution in [-0.4, -0.2) is 66.8 Å². The summed E-state index contributed by atoms with van der Waals surface area (Å²) in [5, 5.41) is 22.7. The molecular formula is C10H19N3O4. The minimum atomic E-state index is -0.936. The number of carboxylic acids is 2. The Labute approximate surface area is 100 Å². The monoisotopic (exact) mass is 245 g/mol. The van der Waals surface area contributed by atoms with E-state index in [9.17, 15) is 9.59 Å². The van der Waals surface area contributed by atoms with Crippen LogP contribution in [0.3, 0.4) is 0 Å². The zero-order valence-corrected chi connectivity index (χ0v) is 9.90. The molecule has 0 unspecified atom stereocenters. The van der Waals surface area contributed by atoms with Gasteiger partial charge in [-0.2, -0.15) is 0 Å². The number of rotatable bonds is 10. The molecule has 98 valence electrons. The second-order valence-electron chi connectivity index (χ2n) is 3.53. The van der Waals surface area contributed by atoms with Crippen LogP contribution in [0.2, 0.25) is 0 Å². The molecule has 0 spiro atoms. The average Bonchev–Trinajstić information content (AvgIpc) is 2.22. The minimum Gasteiger partial charge on any atom is -0.480 e. The lowest BCUT2D eigenvalue weighted by Gasteiger charge is -2.21. The SMILES string of the molecule is C=C(CN(CCNCC(=O)O)CC(=O)O)NC. The molecule has 0 aliphatic carbocycles. The molecule has 0 saturated carbocycles. The first-order valence-electron chi connectivity index (χ1n) is 5.18. The van der Waals surface area contributed by atoms with E-state index < -0.39 is 11.9 Å². The zero-order chi connectivity index (χ0) is 13.3. The Bertz CT molecular complexity index is 281. The Morgan fingerprint density at radius 1 is 1.24 bits per heavy atom. The van der Waals surface area contributed by atoms with E-state index in [2.05, 4.69) is 17.2 Å². The maximum Gasteiger partial charge on any atom is 0.317 e. The Morgan fingerprint density at radius 2 is 1.88 bits per heavy atom. The number of hydrogen-bond acceptors (Lipinski definition) is 5. The van der Waals surface area contributed by atoms with Gasteiger partial charge >= 0.3 is 11.9 Å². The van der Waals surface area contributed by atoms with Gasteiger partial charge in [0.2, 0.25) is 0 Å². The van der Waals surface area contributed by atoms with Crippen LogP contribution in [0.25, 0.3) is 0 Å². The molecule has 0 aromatic carbocycles. The van der Waals surface area contributed by atoms with Crippen molar-refractivity contribution in [3.05, 3.63) is 12.3 Å². The molecule has 4 N–H and O–H groups in total. The number of hydrogen-bond donors (Lipinski definition) is 4. The summed E-state index contributed by atoms with van der Waals surface area (Å²) in [7, 11) is 1.71. The minimum absolute atomic E-state index is 0.102. The van der Waals surface area contributed by atoms with Crippen molar-refractivity contribution in [3.8, 4) is 0 Å². The molecule has 0 aromatic rings. The number of nitrogens with zero attached hydrogens (tertiary/aromatic N) is 1. The second kappa shape index (κ2) is 8.54. The molecule has 0 radical (unpaired) electrons. The largest absolute Gasteiger partial charge is 0.480 e. The fourth-order valence-corrected chi connectivity index (χ4v) is 1.19. The van der Waals surface area contributed by atoms with Gasteiger partial charge in [-0.1, -0.05) is 6.58 Å². The molecule has 0 rings (SSSR count). The van der Waals surface area contributed by atoms with Crippen LogP contribution in [0.1, 0.15) is 0 Å². The van der Waals surface area contributed by atoms with Crippen molar-refractivity contribution in [2.75, 3.05) is 39.8 Å². The van der Waals surface area contributed by atoms with E-state index in [0.29, 0.717) is 25.3 Å². The lowest BCUT2D eigenvalue weighted by atomic mass is 10.4. The Balaban J connectivity index is 3.97. The van der Waals surface area contributed by atoms with Gasteiger partial charge in [0, 0.05) is 32.4 Å². The van der Waals surface area contributed by atoms with Gasteiger partial charge in [0.15, 0.2) is 0 Å². The summed E-state index contributed by atoms with van der Waals surface area (Å²) in [5.41, 5.74) is 0.712. The van der Waals surface area contributed by atoms with Crippen LogP contribution >= 0.6 is 0 Å². The van der Waals surface area contributed by atoms with Gasteiger partial charge < -0.3 is 20.8 Å². The molecule has 7 heteroatoms. The zero-order valence-electron chi connectivity index (χ0n) is 9.90. The van der Waals surface area contributed by atoms with Crippen molar-refractivity contribution >= 4 is 11.9 Å². The van der Waals surface area contributed by atoms with E-state index >= 15 is 0 Å². The molecule has 0 aliphatic heterocycles. The number of likely N-dealkylation sites (N-methyl/N-ethyl adjacent to an activating group) is 1. The molecule has 7 nitrogen and oxygen atoms in total. The lowest BCUT2D eigenvalue weighted by molar-refractivity contribution is -0.138. The molecule has 0 aromatic heterocycles. The van der Waals surface area contributed by atoms with Crippen molar-refractivity contribution in [3.63, 3.8) is 0 Å². The van der Waals surface area contributed by atoms with Gasteiger partial charge in [0.1, 0.15) is 0 Å². The second-order valence-corrected chi connectivity index (χ2v) is 3.53. The fourth-order valence-electron chi connectivity index (χ4n) is 1.19. The summed E-state index contributed by atoms with van der Waals surface area (Å²) in [6.45, 7) is 4.76. The van der Waals surface area contributed by atoms with E-state index in [0.717, 1.165) is 0 Å². The number of nitrogens with one attached hydrogen (secondary N) is 2. The van der Waals surface area contributed by atoms with Crippen molar-refractivity contribution in [2.45, 2.75) is 0 Å². The summed E-state index contributed by atoms with van der Waals surface area (Å²) >= 11 is 0. The molecule has 0 aliphatic rings. The van der Waals surface area contributed by atoms with Gasteiger partial charge in [0.25, 0.3) is 0 Å². The maximum absolute atomic E-state index is 10.6. The maximum atomic E-state index is 10.6. The summed E-state index contributed by atoms with van der Waals surface area (Å²) in [6.07, 6.45) is 0. The lowest BCUT2D eigenvalue weighted by Crippen LogP contribution is -2.39. The third kappa shape index (κ3) is 9.34. The van der Waals surface area contributed by atoms with Gasteiger partial charge in [-0.25, -0.2) is 0 Å². The highest BCUT2D eigenvalue weighted by atomic mass is 16.4. The van der Waals surface area contributed by atoms with E-state index in [1.54, 1.807) is 11.9 Å². The predicted octanol–water partition coefficient (Wildman–Crippen LogP) is -1.22. The number of carbonyl (C=O) groups is 2. The van der Waals surface area contributed by atoms with Crippen molar-refractivity contribution in [2.24, 2.45) is 0 Å². The Morgan fingerprint density at radius 3 is 2.35 bits per heavy atom. The first kappa shape index (κ1) is 15.4. The summed E-state index contributed by atoms with van der Waals surface area (Å²) in [4.78, 5) is 22.5. The van der Waals surface area contributed by atoms with Crippen LogP contribution in [0.4, 0.5) is 0 Å². The third-order valence-electron chi connectivity index (χ3n) is 2.01. The van der Waals surface area contributed by atoms with Gasteiger partial charge in [0.05, 0.1) is 13.1 Å². The van der Waals surface area contributed by atoms with Crippen LogP contribution in [0, 0.1) is 0 Å². The Hall–Kier alpha value is -1.60. The van der Waals surface area contributed by atoms with E-state index in [-0.39, 0.29) is 13.1 Å². The number of carboxylic acid groups (broad SMARTS) is 2. The smallest absolute Gasteiger partial charge is 0.317 e. The molecular weight excluding hydrogens is 226 g/mol. The molecule has 0 amide bonds. The normalized spacial score (nSPS) is 10.2. The predicted molar refractivity (Wildman–Crippen MR) is 62.8 cm³/mol. The van der Waals surface area contributed by atoms with Gasteiger partial charge in [-0.3, -0.25) is 14.5 Å². The highest BCUT2D eigenvalue weighted by molar-refractivity contribution is 5.69. The molecule has 0 saturated heterocycles.